The SMILES string of the molecule is CC(C)S(=O)(=O)c1ccc(-c2cnc3[nH]cc(NC(=O)C4CCNCC4)c3n2)cc1.CC(C)S(=O)(=O)c1ccc(-c2cnc3[nH]cc(NC(=O)CC4CC4)c3n2)cc1.CC(C)S(=O)(=O)c1ccc(-c2cnc3[nH]cc(NC(=O)c4cncs4)c3n2)cc1.Cc1ccsc1C(=O)Nc1c[nH]c2ncc(-c3ccc(S(=O)(=O)C(C)C)cc3)nc12.[HH].[HH].[HH].[HH].[HH].[HH].[HH].[HH].[HH]. The number of aromatic nitrogens is 13. The number of fused-ring (bicyclic) bond motifs is 4. The molecule has 117 heavy (non-hydrogen) atoms. The van der Waals surface area contributed by atoms with Gasteiger partial charge in [-0.2, -0.15) is 0 Å². The third kappa shape index (κ3) is 18.9. The Morgan fingerprint density at radius 2 is 0.761 bits per heavy atom. The van der Waals surface area contributed by atoms with Crippen molar-refractivity contribution in [2.45, 2.75) is 135 Å². The number of thiophene rings is 1. The van der Waals surface area contributed by atoms with Gasteiger partial charge in [0.15, 0.2) is 61.9 Å². The average Bonchev–Trinajstić information content (AvgIpc) is 1.79. The van der Waals surface area contributed by atoms with Crippen LogP contribution in [0.3, 0.4) is 0 Å². The number of thiazole rings is 1. The molecule has 1 aliphatic carbocycles. The van der Waals surface area contributed by atoms with Crippen molar-refractivity contribution in [1.82, 2.24) is 70.1 Å². The summed E-state index contributed by atoms with van der Waals surface area (Å²) in [5.41, 5.74) is 14.6. The minimum atomic E-state index is -3.34. The van der Waals surface area contributed by atoms with E-state index in [2.05, 4.69) is 91.4 Å². The van der Waals surface area contributed by atoms with Crippen molar-refractivity contribution in [1.29, 1.82) is 0 Å². The minimum Gasteiger partial charge on any atom is -0.343 e. The molecule has 0 bridgehead atoms. The fourth-order valence-electron chi connectivity index (χ4n) is 12.3. The van der Waals surface area contributed by atoms with E-state index >= 15 is 0 Å². The second-order valence-electron chi connectivity index (χ2n) is 29.0. The fourth-order valence-corrected chi connectivity index (χ4v) is 17.8. The topological polar surface area (TPSA) is 444 Å². The van der Waals surface area contributed by atoms with Gasteiger partial charge in [0, 0.05) is 72.2 Å². The Hall–Kier alpha value is -11.7. The summed E-state index contributed by atoms with van der Waals surface area (Å²) in [6.07, 6.45) is 19.0. The molecule has 10 aromatic heterocycles. The second kappa shape index (κ2) is 35.0. The first-order valence-electron chi connectivity index (χ1n) is 37.4. The Bertz CT molecular complexity index is 6520. The van der Waals surface area contributed by atoms with E-state index in [-0.39, 0.29) is 62.0 Å². The van der Waals surface area contributed by atoms with Crippen LogP contribution < -0.4 is 26.6 Å². The highest BCUT2D eigenvalue weighted by Crippen LogP contribution is 2.35. The monoisotopic (exact) mass is 1710 g/mol. The molecule has 0 spiro atoms. The van der Waals surface area contributed by atoms with E-state index in [1.165, 1.54) is 28.9 Å². The van der Waals surface area contributed by atoms with Gasteiger partial charge in [-0.05, 0) is 173 Å². The molecule has 16 rings (SSSR count). The van der Waals surface area contributed by atoms with E-state index in [1.54, 1.807) is 208 Å². The van der Waals surface area contributed by atoms with Crippen molar-refractivity contribution in [3.05, 3.63) is 185 Å². The van der Waals surface area contributed by atoms with Crippen molar-refractivity contribution in [2.24, 2.45) is 11.8 Å². The van der Waals surface area contributed by atoms with Gasteiger partial charge in [-0.15, -0.1) is 22.7 Å². The number of benzene rings is 4. The lowest BCUT2D eigenvalue weighted by Crippen LogP contribution is -2.34. The van der Waals surface area contributed by atoms with Crippen LogP contribution >= 0.6 is 22.7 Å². The quantitative estimate of drug-likeness (QED) is 0.0323. The zero-order chi connectivity index (χ0) is 83.3. The second-order valence-corrected chi connectivity index (χ2v) is 40.8. The number of piperidine rings is 1. The third-order valence-electron chi connectivity index (χ3n) is 19.6. The van der Waals surface area contributed by atoms with E-state index in [1.807, 2.05) is 18.4 Å². The Kier molecular flexibility index (Phi) is 24.9. The number of anilines is 4. The highest BCUT2D eigenvalue weighted by Gasteiger charge is 2.28. The van der Waals surface area contributed by atoms with E-state index < -0.39 is 60.3 Å². The maximum Gasteiger partial charge on any atom is 0.267 e. The van der Waals surface area contributed by atoms with Crippen LogP contribution in [-0.2, 0) is 48.9 Å². The maximum absolute atomic E-state index is 12.6. The molecule has 2 aliphatic rings. The number of rotatable bonds is 21. The van der Waals surface area contributed by atoms with Gasteiger partial charge in [0.1, 0.15) is 26.9 Å². The molecule has 9 N–H and O–H groups in total. The lowest BCUT2D eigenvalue weighted by Gasteiger charge is -2.21. The van der Waals surface area contributed by atoms with Gasteiger partial charge in [-0.1, -0.05) is 48.5 Å². The molecule has 0 unspecified atom stereocenters. The highest BCUT2D eigenvalue weighted by molar-refractivity contribution is 7.93. The summed E-state index contributed by atoms with van der Waals surface area (Å²) in [4.78, 5) is 104. The molecule has 1 saturated carbocycles. The molecule has 4 aromatic carbocycles. The molecule has 0 radical (unpaired) electrons. The number of amides is 4. The number of sulfone groups is 4. The summed E-state index contributed by atoms with van der Waals surface area (Å²) in [6, 6.07) is 28.3. The van der Waals surface area contributed by atoms with Crippen molar-refractivity contribution < 1.29 is 65.7 Å². The van der Waals surface area contributed by atoms with Crippen molar-refractivity contribution in [3.8, 4) is 45.0 Å². The number of nitrogens with zero attached hydrogens (tertiary/aromatic N) is 9. The molecule has 14 aromatic rings. The molecule has 30 nitrogen and oxygen atoms in total. The fraction of sp³-hybridized carbons (Fsp3) is 0.272. The van der Waals surface area contributed by atoms with Gasteiger partial charge in [-0.3, -0.25) is 24.2 Å². The van der Waals surface area contributed by atoms with E-state index in [9.17, 15) is 52.8 Å². The number of aryl methyl sites for hydroxylation is 1. The van der Waals surface area contributed by atoms with Gasteiger partial charge in [-0.25, -0.2) is 73.5 Å². The molecule has 2 fully saturated rings. The summed E-state index contributed by atoms with van der Waals surface area (Å²) < 4.78 is 98.4. The first kappa shape index (κ1) is 83.3. The van der Waals surface area contributed by atoms with E-state index in [4.69, 9.17) is 0 Å². The summed E-state index contributed by atoms with van der Waals surface area (Å²) in [7, 11) is -13.3. The molecular formula is C81H102N18O12S6. The predicted molar refractivity (Wildman–Crippen MR) is 473 cm³/mol. The minimum absolute atomic E-state index is 0. The molecule has 624 valence electrons. The van der Waals surface area contributed by atoms with Crippen LogP contribution in [-0.4, -0.2) is 156 Å². The molecule has 1 aliphatic heterocycles. The summed E-state index contributed by atoms with van der Waals surface area (Å²) in [6.45, 7) is 16.8. The Labute approximate surface area is 696 Å². The van der Waals surface area contributed by atoms with Crippen LogP contribution in [0.25, 0.3) is 89.7 Å². The molecule has 1 saturated heterocycles. The zero-order valence-corrected chi connectivity index (χ0v) is 69.9. The van der Waals surface area contributed by atoms with Crippen LogP contribution in [0.5, 0.6) is 0 Å². The van der Waals surface area contributed by atoms with Crippen molar-refractivity contribution >= 4 is 153 Å². The van der Waals surface area contributed by atoms with Crippen LogP contribution in [0.2, 0.25) is 0 Å². The smallest absolute Gasteiger partial charge is 0.267 e. The highest BCUT2D eigenvalue weighted by atomic mass is 32.2. The van der Waals surface area contributed by atoms with Crippen molar-refractivity contribution in [3.63, 3.8) is 0 Å². The normalized spacial score (nSPS) is 13.4. The van der Waals surface area contributed by atoms with Crippen LogP contribution in [0, 0.1) is 18.8 Å². The van der Waals surface area contributed by atoms with Gasteiger partial charge in [0.25, 0.3) is 11.8 Å². The summed E-state index contributed by atoms with van der Waals surface area (Å²) in [5, 5.41) is 14.8. The number of H-pyrrole nitrogens is 4. The van der Waals surface area contributed by atoms with Gasteiger partial charge >= 0.3 is 0 Å². The standard InChI is InChI=1S/C21H25N5O3S.C21H20N4O3S2.C20H22N4O3S.C19H17N5O3S2.9H2/c1-13(2)30(28,29)16-5-3-14(4-6-16)17-11-23-20-19(25-17)18(12-24-20)26-21(27)15-7-9-22-10-8-15;1-12(2)30(27,28)15-6-4-14(5-7-15)16-10-22-20-18(24-16)17(11-23-20)25-21(26)19-13(3)8-9-29-19;1-12(2)28(26,27)15-7-5-14(6-8-15)16-10-21-20-19(24-16)17(11-22-20)23-18(25)9-13-3-4-13;1-11(2)29(26,27)13-5-3-12(4-6-13)14-7-21-18-17(23-14)15(8-22-18)24-19(25)16-9-20-10-28-16;;;;;;;;;/h3-6,11-13,15,22H,7-10H2,1-2H3,(H,23,24)(H,26,27);4-12H,1-3H3,(H,22,23)(H,25,26);5-8,10-13H,3-4,9H2,1-2H3,(H,21,22)(H,23,25);3-11H,1-2H3,(H,21,22)(H,24,25);9*1H. The number of aromatic amines is 4. The van der Waals surface area contributed by atoms with E-state index in [0.717, 1.165) is 66.6 Å². The van der Waals surface area contributed by atoms with Crippen LogP contribution in [0.4, 0.5) is 22.7 Å². The molecule has 4 amide bonds. The Balaban J connectivity index is 0.000000344. The zero-order valence-electron chi connectivity index (χ0n) is 65.0. The maximum atomic E-state index is 12.6. The average molecular weight is 1710 g/mol. The lowest BCUT2D eigenvalue weighted by atomic mass is 9.97. The number of nitrogens with one attached hydrogen (secondary N) is 9. The molecule has 36 heteroatoms. The van der Waals surface area contributed by atoms with Crippen molar-refractivity contribution in [2.75, 3.05) is 34.4 Å². The van der Waals surface area contributed by atoms with Crippen LogP contribution in [0.15, 0.2) is 189 Å². The largest absolute Gasteiger partial charge is 0.343 e. The van der Waals surface area contributed by atoms with Gasteiger partial charge < -0.3 is 46.5 Å². The Morgan fingerprint density at radius 1 is 0.427 bits per heavy atom. The first-order chi connectivity index (χ1) is 55.8. The predicted octanol–water partition coefficient (Wildman–Crippen LogP) is 16.4. The summed E-state index contributed by atoms with van der Waals surface area (Å²) >= 11 is 2.63. The van der Waals surface area contributed by atoms with E-state index in [0.29, 0.717) is 112 Å². The Morgan fingerprint density at radius 3 is 1.07 bits per heavy atom. The molecule has 11 heterocycles. The number of hydrogen-bond donors (Lipinski definition) is 9. The molecular weight excluding hydrogens is 1610 g/mol. The van der Waals surface area contributed by atoms with Gasteiger partial charge in [0.05, 0.1) is 127 Å². The third-order valence-corrected chi connectivity index (χ3v) is 30.0. The lowest BCUT2D eigenvalue weighted by molar-refractivity contribution is -0.120. The number of carbonyl (C=O) groups excluding carboxylic acids is 4. The van der Waals surface area contributed by atoms with Crippen LogP contribution in [0.1, 0.15) is 125 Å². The first-order valence-corrected chi connectivity index (χ1v) is 45.4. The number of carbonyl (C=O) groups is 4. The van der Waals surface area contributed by atoms with Gasteiger partial charge in [0.2, 0.25) is 11.8 Å². The summed E-state index contributed by atoms with van der Waals surface area (Å²) in [5.74, 6) is 0.00432. The molecule has 0 atom stereocenters. The number of hydrogen-bond acceptors (Lipinski definition) is 24.